The fourth-order valence-electron chi connectivity index (χ4n) is 3.37. The second-order valence-electron chi connectivity index (χ2n) is 7.59. The van der Waals surface area contributed by atoms with Gasteiger partial charge < -0.3 is 14.8 Å². The normalized spacial score (nSPS) is 14.3. The molecule has 0 aromatic heterocycles. The molecule has 1 saturated heterocycles. The van der Waals surface area contributed by atoms with Gasteiger partial charge in [-0.1, -0.05) is 48.0 Å². The highest BCUT2D eigenvalue weighted by Crippen LogP contribution is 2.38. The Hall–Kier alpha value is -3.27. The molecule has 7 nitrogen and oxygen atoms in total. The molecule has 3 amide bonds. The zero-order chi connectivity index (χ0) is 25.7. The first-order valence-corrected chi connectivity index (χ1v) is 12.7. The third kappa shape index (κ3) is 6.10. The highest BCUT2D eigenvalue weighted by molar-refractivity contribution is 9.10. The van der Waals surface area contributed by atoms with E-state index in [1.54, 1.807) is 54.6 Å². The van der Waals surface area contributed by atoms with E-state index in [1.807, 2.05) is 18.2 Å². The number of amides is 3. The van der Waals surface area contributed by atoms with Crippen molar-refractivity contribution in [1.82, 2.24) is 4.90 Å². The Balaban J connectivity index is 1.51. The Morgan fingerprint density at radius 3 is 2.56 bits per heavy atom. The summed E-state index contributed by atoms with van der Waals surface area (Å²) in [4.78, 5) is 39.1. The van der Waals surface area contributed by atoms with Gasteiger partial charge in [0.1, 0.15) is 13.2 Å². The van der Waals surface area contributed by atoms with Gasteiger partial charge in [0.15, 0.2) is 11.5 Å². The van der Waals surface area contributed by atoms with E-state index in [4.69, 9.17) is 21.1 Å². The topological polar surface area (TPSA) is 84.9 Å². The zero-order valence-corrected chi connectivity index (χ0v) is 22.2. The molecule has 1 aliphatic rings. The van der Waals surface area contributed by atoms with Crippen LogP contribution < -0.4 is 14.8 Å². The van der Waals surface area contributed by atoms with Gasteiger partial charge in [0, 0.05) is 15.1 Å². The highest BCUT2D eigenvalue weighted by Gasteiger charge is 2.36. The minimum absolute atomic E-state index is 0.179. The smallest absolute Gasteiger partial charge is 0.294 e. The number of thioether (sulfide) groups is 1. The SMILES string of the molecule is COc1cccc(/C=C2/SC(=O)N(CC(=O)Nc3ccccc3Br)C2=O)c1OCc1ccc(Cl)cc1. The maximum atomic E-state index is 13.0. The first kappa shape index (κ1) is 25.8. The molecular weight excluding hydrogens is 568 g/mol. The first-order valence-electron chi connectivity index (χ1n) is 10.7. The number of imide groups is 1. The molecule has 0 radical (unpaired) electrons. The summed E-state index contributed by atoms with van der Waals surface area (Å²) in [6, 6.07) is 19.6. The fourth-order valence-corrected chi connectivity index (χ4v) is 4.71. The molecule has 1 N–H and O–H groups in total. The van der Waals surface area contributed by atoms with E-state index in [2.05, 4.69) is 21.2 Å². The van der Waals surface area contributed by atoms with Crippen LogP contribution in [0.3, 0.4) is 0 Å². The predicted molar refractivity (Wildman–Crippen MR) is 144 cm³/mol. The van der Waals surface area contributed by atoms with E-state index < -0.39 is 23.6 Å². The Bertz CT molecular complexity index is 1350. The molecule has 4 rings (SSSR count). The van der Waals surface area contributed by atoms with Gasteiger partial charge in [0.2, 0.25) is 5.91 Å². The lowest BCUT2D eigenvalue weighted by Gasteiger charge is -2.14. The maximum Gasteiger partial charge on any atom is 0.294 e. The van der Waals surface area contributed by atoms with Gasteiger partial charge in [-0.2, -0.15) is 0 Å². The molecule has 3 aromatic rings. The second-order valence-corrected chi connectivity index (χ2v) is 9.87. The lowest BCUT2D eigenvalue weighted by atomic mass is 10.1. The summed E-state index contributed by atoms with van der Waals surface area (Å²) < 4.78 is 12.2. The molecule has 0 atom stereocenters. The number of rotatable bonds is 8. The number of carbonyl (C=O) groups excluding carboxylic acids is 3. The summed E-state index contributed by atoms with van der Waals surface area (Å²) in [6.45, 7) is -0.156. The molecule has 1 heterocycles. The Morgan fingerprint density at radius 2 is 1.83 bits per heavy atom. The predicted octanol–water partition coefficient (Wildman–Crippen LogP) is 6.37. The average molecular weight is 588 g/mol. The molecule has 1 aliphatic heterocycles. The number of hydrogen-bond acceptors (Lipinski definition) is 6. The van der Waals surface area contributed by atoms with Gasteiger partial charge in [-0.15, -0.1) is 0 Å². The van der Waals surface area contributed by atoms with Crippen molar-refractivity contribution in [2.24, 2.45) is 0 Å². The van der Waals surface area contributed by atoms with Crippen molar-refractivity contribution in [2.45, 2.75) is 6.61 Å². The van der Waals surface area contributed by atoms with E-state index in [-0.39, 0.29) is 11.5 Å². The Labute approximate surface area is 225 Å². The number of halogens is 2. The highest BCUT2D eigenvalue weighted by atomic mass is 79.9. The average Bonchev–Trinajstić information content (AvgIpc) is 3.12. The van der Waals surface area contributed by atoms with E-state index >= 15 is 0 Å². The summed E-state index contributed by atoms with van der Waals surface area (Å²) in [5, 5.41) is 2.79. The van der Waals surface area contributed by atoms with Crippen molar-refractivity contribution in [3.63, 3.8) is 0 Å². The third-order valence-corrected chi connectivity index (χ3v) is 6.99. The summed E-state index contributed by atoms with van der Waals surface area (Å²) in [5.74, 6) is -0.143. The number of methoxy groups -OCH3 is 1. The fraction of sp³-hybridized carbons (Fsp3) is 0.115. The van der Waals surface area contributed by atoms with Crippen LogP contribution in [0.25, 0.3) is 6.08 Å². The molecule has 3 aromatic carbocycles. The van der Waals surface area contributed by atoms with Crippen LogP contribution in [0.1, 0.15) is 11.1 Å². The Morgan fingerprint density at radius 1 is 1.08 bits per heavy atom. The van der Waals surface area contributed by atoms with E-state index in [0.717, 1.165) is 22.2 Å². The van der Waals surface area contributed by atoms with E-state index in [1.165, 1.54) is 7.11 Å². The number of benzene rings is 3. The number of ether oxygens (including phenoxy) is 2. The van der Waals surface area contributed by atoms with Gasteiger partial charge in [-0.05, 0) is 69.7 Å². The van der Waals surface area contributed by atoms with Crippen LogP contribution in [0.5, 0.6) is 11.5 Å². The third-order valence-electron chi connectivity index (χ3n) is 5.14. The molecule has 0 bridgehead atoms. The van der Waals surface area contributed by atoms with Crippen molar-refractivity contribution in [3.8, 4) is 11.5 Å². The molecule has 0 unspecified atom stereocenters. The lowest BCUT2D eigenvalue weighted by Crippen LogP contribution is -2.36. The quantitative estimate of drug-likeness (QED) is 0.309. The van der Waals surface area contributed by atoms with Gasteiger partial charge in [0.05, 0.1) is 17.7 Å². The minimum Gasteiger partial charge on any atom is -0.493 e. The summed E-state index contributed by atoms with van der Waals surface area (Å²) >= 11 is 10.1. The van der Waals surface area contributed by atoms with E-state index in [9.17, 15) is 14.4 Å². The molecule has 0 aliphatic carbocycles. The molecular formula is C26H20BrClN2O5S. The Kier molecular flexibility index (Phi) is 8.35. The van der Waals surface area contributed by atoms with Gasteiger partial charge in [-0.3, -0.25) is 19.3 Å². The van der Waals surface area contributed by atoms with Crippen LogP contribution in [-0.2, 0) is 16.2 Å². The minimum atomic E-state index is -0.557. The summed E-state index contributed by atoms with van der Waals surface area (Å²) in [5.41, 5.74) is 2.00. The van der Waals surface area contributed by atoms with Crippen LogP contribution in [0.15, 0.2) is 76.1 Å². The number of carbonyl (C=O) groups is 3. The number of para-hydroxylation sites is 2. The molecule has 1 fully saturated rings. The molecule has 0 saturated carbocycles. The van der Waals surface area contributed by atoms with Crippen molar-refractivity contribution in [2.75, 3.05) is 19.0 Å². The molecule has 0 spiro atoms. The van der Waals surface area contributed by atoms with Crippen LogP contribution >= 0.6 is 39.3 Å². The lowest BCUT2D eigenvalue weighted by molar-refractivity contribution is -0.127. The van der Waals surface area contributed by atoms with E-state index in [0.29, 0.717) is 32.2 Å². The van der Waals surface area contributed by atoms with Crippen LogP contribution in [-0.4, -0.2) is 35.6 Å². The number of nitrogens with one attached hydrogen (secondary N) is 1. The first-order chi connectivity index (χ1) is 17.4. The van der Waals surface area contributed by atoms with Gasteiger partial charge >= 0.3 is 0 Å². The number of hydrogen-bond donors (Lipinski definition) is 1. The second kappa shape index (κ2) is 11.6. The number of anilines is 1. The molecule has 184 valence electrons. The van der Waals surface area contributed by atoms with Gasteiger partial charge in [-0.25, -0.2) is 0 Å². The monoisotopic (exact) mass is 586 g/mol. The zero-order valence-electron chi connectivity index (χ0n) is 19.0. The van der Waals surface area contributed by atoms with Crippen LogP contribution in [0.4, 0.5) is 10.5 Å². The molecule has 10 heteroatoms. The standard InChI is InChI=1S/C26H20BrClN2O5S/c1-34-21-8-4-5-17(24(21)35-15-16-9-11-18(28)12-10-16)13-22-25(32)30(26(33)36-22)14-23(31)29-20-7-3-2-6-19(20)27/h2-13H,14-15H2,1H3,(H,29,31)/b22-13+. The van der Waals surface area contributed by atoms with Crippen LogP contribution in [0.2, 0.25) is 5.02 Å². The summed E-state index contributed by atoms with van der Waals surface area (Å²) in [6.07, 6.45) is 1.57. The molecule has 36 heavy (non-hydrogen) atoms. The van der Waals surface area contributed by atoms with Crippen molar-refractivity contribution in [3.05, 3.63) is 92.3 Å². The summed E-state index contributed by atoms with van der Waals surface area (Å²) in [7, 11) is 1.52. The number of nitrogens with zero attached hydrogens (tertiary/aromatic N) is 1. The van der Waals surface area contributed by atoms with Crippen LogP contribution in [0, 0.1) is 0 Å². The van der Waals surface area contributed by atoms with Crippen molar-refractivity contribution < 1.29 is 23.9 Å². The van der Waals surface area contributed by atoms with Crippen molar-refractivity contribution in [1.29, 1.82) is 0 Å². The van der Waals surface area contributed by atoms with Crippen molar-refractivity contribution >= 4 is 68.1 Å². The maximum absolute atomic E-state index is 13.0. The largest absolute Gasteiger partial charge is 0.493 e. The van der Waals surface area contributed by atoms with Gasteiger partial charge in [0.25, 0.3) is 11.1 Å².